The highest BCUT2D eigenvalue weighted by Gasteiger charge is 2.19. The smallest absolute Gasteiger partial charge is 0.306 e. The van der Waals surface area contributed by atoms with Crippen molar-refractivity contribution in [1.82, 2.24) is 0 Å². The first-order valence-corrected chi connectivity index (χ1v) is 33.5. The summed E-state index contributed by atoms with van der Waals surface area (Å²) in [5.41, 5.74) is 0. The van der Waals surface area contributed by atoms with Crippen molar-refractivity contribution in [3.05, 3.63) is 158 Å². The molecule has 0 amide bonds. The van der Waals surface area contributed by atoms with E-state index in [0.29, 0.717) is 19.3 Å². The Hall–Kier alpha value is -4.97. The van der Waals surface area contributed by atoms with Crippen LogP contribution in [0.4, 0.5) is 0 Å². The Bertz CT molecular complexity index is 1830. The number of carbonyl (C=O) groups is 3. The maximum Gasteiger partial charge on any atom is 0.306 e. The van der Waals surface area contributed by atoms with E-state index in [1.807, 2.05) is 0 Å². The number of unbranched alkanes of at least 4 members (excludes halogenated alkanes) is 22. The molecule has 0 aromatic carbocycles. The zero-order chi connectivity index (χ0) is 59.2. The summed E-state index contributed by atoms with van der Waals surface area (Å²) < 4.78 is 16.9. The van der Waals surface area contributed by atoms with Gasteiger partial charge < -0.3 is 14.2 Å². The molecule has 0 fully saturated rings. The SMILES string of the molecule is CC/C=C\C/C=C\C/C=C\C/C=C\C/C=C\C/C=C\C/C=C\C/C=C\C/C=C\C/C=C\CCCCCCC(=O)OCC(COC(=O)CCCCCCC/C=C\C/C=C\CCC)OC(=O)CCCCCCC/C=C\CCCCCCCCC. The van der Waals surface area contributed by atoms with Gasteiger partial charge in [0.25, 0.3) is 0 Å². The molecule has 0 aliphatic carbocycles. The number of carbonyl (C=O) groups excluding carboxylic acids is 3. The van der Waals surface area contributed by atoms with Crippen LogP contribution < -0.4 is 0 Å². The number of esters is 3. The van der Waals surface area contributed by atoms with Gasteiger partial charge in [-0.15, -0.1) is 0 Å². The number of ether oxygens (including phenoxy) is 3. The highest BCUT2D eigenvalue weighted by atomic mass is 16.6. The molecule has 0 bridgehead atoms. The van der Waals surface area contributed by atoms with Crippen LogP contribution in [0, 0.1) is 0 Å². The van der Waals surface area contributed by atoms with Crippen LogP contribution in [0.3, 0.4) is 0 Å². The molecule has 0 spiro atoms. The van der Waals surface area contributed by atoms with Crippen LogP contribution >= 0.6 is 0 Å². The van der Waals surface area contributed by atoms with E-state index < -0.39 is 6.10 Å². The second-order valence-corrected chi connectivity index (χ2v) is 21.6. The first-order chi connectivity index (χ1) is 40.5. The molecule has 1 unspecified atom stereocenters. The first-order valence-electron chi connectivity index (χ1n) is 33.5. The van der Waals surface area contributed by atoms with E-state index in [1.54, 1.807) is 0 Å². The molecule has 0 rings (SSSR count). The Morgan fingerprint density at radius 2 is 0.500 bits per heavy atom. The van der Waals surface area contributed by atoms with E-state index in [4.69, 9.17) is 14.2 Å². The van der Waals surface area contributed by atoms with Crippen LogP contribution in [0.2, 0.25) is 0 Å². The van der Waals surface area contributed by atoms with E-state index >= 15 is 0 Å². The van der Waals surface area contributed by atoms with E-state index in [9.17, 15) is 14.4 Å². The predicted molar refractivity (Wildman–Crippen MR) is 357 cm³/mol. The van der Waals surface area contributed by atoms with Gasteiger partial charge in [0.15, 0.2) is 6.10 Å². The van der Waals surface area contributed by atoms with Crippen LogP contribution in [0.25, 0.3) is 0 Å². The molecule has 0 aliphatic rings. The fourth-order valence-corrected chi connectivity index (χ4v) is 8.74. The summed E-state index contributed by atoms with van der Waals surface area (Å²) in [6.45, 7) is 6.42. The second-order valence-electron chi connectivity index (χ2n) is 21.6. The van der Waals surface area contributed by atoms with Gasteiger partial charge in [0.1, 0.15) is 13.2 Å². The molecule has 0 saturated heterocycles. The van der Waals surface area contributed by atoms with Gasteiger partial charge in [0.05, 0.1) is 0 Å². The summed E-state index contributed by atoms with van der Waals surface area (Å²) in [4.78, 5) is 38.3. The molecule has 0 radical (unpaired) electrons. The monoisotopic (exact) mass is 1130 g/mol. The summed E-state index contributed by atoms with van der Waals surface area (Å²) in [6, 6.07) is 0. The van der Waals surface area contributed by atoms with Gasteiger partial charge in [-0.1, -0.05) is 275 Å². The zero-order valence-corrected chi connectivity index (χ0v) is 52.9. The van der Waals surface area contributed by atoms with Gasteiger partial charge in [-0.2, -0.15) is 0 Å². The molecule has 0 saturated carbocycles. The van der Waals surface area contributed by atoms with E-state index in [-0.39, 0.29) is 31.1 Å². The number of rotatable bonds is 59. The lowest BCUT2D eigenvalue weighted by atomic mass is 10.1. The molecule has 462 valence electrons. The van der Waals surface area contributed by atoms with Crippen molar-refractivity contribution in [2.24, 2.45) is 0 Å². The molecule has 0 aromatic rings. The Labute approximate surface area is 505 Å². The topological polar surface area (TPSA) is 78.9 Å². The summed E-state index contributed by atoms with van der Waals surface area (Å²) in [6.07, 6.45) is 99.7. The Kier molecular flexibility index (Phi) is 64.4. The lowest BCUT2D eigenvalue weighted by Gasteiger charge is -2.18. The highest BCUT2D eigenvalue weighted by Crippen LogP contribution is 2.14. The third kappa shape index (κ3) is 65.8. The fraction of sp³-hybridized carbons (Fsp3) is 0.618. The van der Waals surface area contributed by atoms with Gasteiger partial charge in [-0.3, -0.25) is 14.4 Å². The van der Waals surface area contributed by atoms with Gasteiger partial charge in [0.2, 0.25) is 0 Å². The normalized spacial score (nSPS) is 13.2. The lowest BCUT2D eigenvalue weighted by molar-refractivity contribution is -0.167. The lowest BCUT2D eigenvalue weighted by Crippen LogP contribution is -2.30. The molecule has 1 atom stereocenters. The van der Waals surface area contributed by atoms with Crippen LogP contribution in [0.1, 0.15) is 284 Å². The van der Waals surface area contributed by atoms with Gasteiger partial charge in [0, 0.05) is 19.3 Å². The number of allylic oxidation sites excluding steroid dienone is 26. The van der Waals surface area contributed by atoms with Crippen LogP contribution in [0.15, 0.2) is 158 Å². The van der Waals surface area contributed by atoms with Crippen molar-refractivity contribution in [3.8, 4) is 0 Å². The molecule has 6 nitrogen and oxygen atoms in total. The van der Waals surface area contributed by atoms with Crippen LogP contribution in [0.5, 0.6) is 0 Å². The maximum atomic E-state index is 12.9. The van der Waals surface area contributed by atoms with Crippen molar-refractivity contribution in [2.75, 3.05) is 13.2 Å². The molecular formula is C76H122O6. The zero-order valence-electron chi connectivity index (χ0n) is 52.9. The van der Waals surface area contributed by atoms with Crippen molar-refractivity contribution in [1.29, 1.82) is 0 Å². The third-order valence-electron chi connectivity index (χ3n) is 13.7. The molecule has 0 aliphatic heterocycles. The third-order valence-corrected chi connectivity index (χ3v) is 13.7. The van der Waals surface area contributed by atoms with Crippen LogP contribution in [-0.2, 0) is 28.6 Å². The molecule has 82 heavy (non-hydrogen) atoms. The van der Waals surface area contributed by atoms with E-state index in [1.165, 1.54) is 64.2 Å². The highest BCUT2D eigenvalue weighted by molar-refractivity contribution is 5.71. The predicted octanol–water partition coefficient (Wildman–Crippen LogP) is 23.3. The standard InChI is InChI=1S/C76H122O6/c1-4-7-10-13-16-19-22-25-27-29-30-31-32-33-34-35-36-37-38-39-40-41-42-43-44-45-46-47-49-51-54-57-60-63-66-69-75(78)81-72-73(71-80-74(77)68-65-62-59-56-53-50-24-21-18-15-12-9-6-3)82-76(79)70-67-64-61-58-55-52-48-28-26-23-20-17-14-11-8-5-2/h7,10,12,15-16,19,21,24-25,27-28,30-31,33-34,36-37,39-40,42-43,45-46,48-49,51,73H,4-6,8-9,11,13-14,17-18,20,22-23,26,29,32,35,38,41,44,47,50,52-72H2,1-3H3/b10-7-,15-12-,19-16-,24-21-,27-25-,31-30-,34-33-,37-36-,40-39-,43-42-,46-45-,48-28-,51-49-. The summed E-state index contributed by atoms with van der Waals surface area (Å²) in [5.74, 6) is -0.950. The maximum absolute atomic E-state index is 12.9. The van der Waals surface area contributed by atoms with Gasteiger partial charge in [-0.25, -0.2) is 0 Å². The minimum atomic E-state index is -0.806. The quantitative estimate of drug-likeness (QED) is 0.0261. The van der Waals surface area contributed by atoms with Crippen molar-refractivity contribution >= 4 is 17.9 Å². The number of hydrogen-bond donors (Lipinski definition) is 0. The second kappa shape index (κ2) is 68.5. The molecule has 6 heteroatoms. The molecular weight excluding hydrogens is 1010 g/mol. The Morgan fingerprint density at radius 3 is 0.805 bits per heavy atom. The van der Waals surface area contributed by atoms with Gasteiger partial charge >= 0.3 is 17.9 Å². The van der Waals surface area contributed by atoms with Crippen molar-refractivity contribution in [2.45, 2.75) is 290 Å². The Balaban J connectivity index is 4.35. The van der Waals surface area contributed by atoms with Crippen LogP contribution in [-0.4, -0.2) is 37.2 Å². The van der Waals surface area contributed by atoms with Crippen molar-refractivity contribution in [3.63, 3.8) is 0 Å². The average Bonchev–Trinajstić information content (AvgIpc) is 3.47. The summed E-state index contributed by atoms with van der Waals surface area (Å²) in [7, 11) is 0. The fourth-order valence-electron chi connectivity index (χ4n) is 8.74. The average molecular weight is 1130 g/mol. The molecule has 0 aromatic heterocycles. The Morgan fingerprint density at radius 1 is 0.256 bits per heavy atom. The minimum absolute atomic E-state index is 0.101. The van der Waals surface area contributed by atoms with Crippen molar-refractivity contribution < 1.29 is 28.6 Å². The molecule has 0 N–H and O–H groups in total. The summed E-state index contributed by atoms with van der Waals surface area (Å²) in [5, 5.41) is 0. The van der Waals surface area contributed by atoms with Gasteiger partial charge in [-0.05, 0) is 148 Å². The molecule has 0 heterocycles. The first kappa shape index (κ1) is 77.0. The number of hydrogen-bond acceptors (Lipinski definition) is 6. The van der Waals surface area contributed by atoms with E-state index in [2.05, 4.69) is 179 Å². The minimum Gasteiger partial charge on any atom is -0.462 e. The largest absolute Gasteiger partial charge is 0.462 e. The van der Waals surface area contributed by atoms with E-state index in [0.717, 1.165) is 180 Å². The summed E-state index contributed by atoms with van der Waals surface area (Å²) >= 11 is 0.